The fraction of sp³-hybridized carbons (Fsp3) is 0.750. The Morgan fingerprint density at radius 3 is 3.06 bits per heavy atom. The van der Waals surface area contributed by atoms with Crippen LogP contribution in [-0.4, -0.2) is 34.1 Å². The van der Waals surface area contributed by atoms with Gasteiger partial charge in [-0.1, -0.05) is 19.8 Å². The van der Waals surface area contributed by atoms with E-state index in [1.807, 2.05) is 12.3 Å². The van der Waals surface area contributed by atoms with Gasteiger partial charge in [0.25, 0.3) is 0 Å². The molecule has 0 radical (unpaired) electrons. The molecule has 0 aliphatic carbocycles. The number of hydrogen-bond acceptors (Lipinski definition) is 3. The summed E-state index contributed by atoms with van der Waals surface area (Å²) in [5, 5.41) is 13.9. The van der Waals surface area contributed by atoms with Crippen molar-refractivity contribution in [3.05, 3.63) is 12.3 Å². The van der Waals surface area contributed by atoms with Crippen LogP contribution in [0.1, 0.15) is 32.6 Å². The van der Waals surface area contributed by atoms with Gasteiger partial charge in [0, 0.05) is 25.7 Å². The number of hydrogen-bond donors (Lipinski definition) is 1. The molecule has 1 fully saturated rings. The van der Waals surface area contributed by atoms with Crippen LogP contribution in [0.2, 0.25) is 0 Å². The molecular formula is C12H21N3O. The number of β-amino-alcohol motifs (C(OH)–C–C–N with tert-alkyl or cyclic N) is 1. The first-order chi connectivity index (χ1) is 7.81. The summed E-state index contributed by atoms with van der Waals surface area (Å²) in [4.78, 5) is 2.23. The Hall–Kier alpha value is -1.03. The summed E-state index contributed by atoms with van der Waals surface area (Å²) >= 11 is 0. The van der Waals surface area contributed by atoms with Gasteiger partial charge in [0.2, 0.25) is 0 Å². The van der Waals surface area contributed by atoms with Gasteiger partial charge in [0.05, 0.1) is 12.3 Å². The third-order valence-electron chi connectivity index (χ3n) is 3.15. The minimum atomic E-state index is -0.168. The summed E-state index contributed by atoms with van der Waals surface area (Å²) in [5.41, 5.74) is 0. The molecule has 1 aliphatic heterocycles. The first kappa shape index (κ1) is 11.5. The Balaban J connectivity index is 1.96. The molecule has 0 saturated carbocycles. The predicted molar refractivity (Wildman–Crippen MR) is 64.6 cm³/mol. The average Bonchev–Trinajstić information content (AvgIpc) is 2.87. The Kier molecular flexibility index (Phi) is 3.83. The van der Waals surface area contributed by atoms with Crippen LogP contribution < -0.4 is 4.90 Å². The van der Waals surface area contributed by atoms with Crippen molar-refractivity contribution in [3.63, 3.8) is 0 Å². The largest absolute Gasteiger partial charge is 0.391 e. The van der Waals surface area contributed by atoms with E-state index in [-0.39, 0.29) is 6.10 Å². The molecule has 0 aromatic carbocycles. The van der Waals surface area contributed by atoms with Crippen LogP contribution in [0, 0.1) is 0 Å². The van der Waals surface area contributed by atoms with Crippen LogP contribution in [0.5, 0.6) is 0 Å². The zero-order valence-corrected chi connectivity index (χ0v) is 9.97. The highest BCUT2D eigenvalue weighted by Crippen LogP contribution is 2.20. The normalized spacial score (nSPS) is 20.6. The Morgan fingerprint density at radius 2 is 2.38 bits per heavy atom. The smallest absolute Gasteiger partial charge is 0.126 e. The summed E-state index contributed by atoms with van der Waals surface area (Å²) in [5.74, 6) is 1.16. The van der Waals surface area contributed by atoms with E-state index in [2.05, 4.69) is 21.6 Å². The highest BCUT2D eigenvalue weighted by molar-refractivity contribution is 5.39. The van der Waals surface area contributed by atoms with Crippen LogP contribution in [0.3, 0.4) is 0 Å². The van der Waals surface area contributed by atoms with Crippen molar-refractivity contribution in [1.82, 2.24) is 9.78 Å². The van der Waals surface area contributed by atoms with E-state index in [1.165, 1.54) is 19.3 Å². The van der Waals surface area contributed by atoms with Gasteiger partial charge in [0.1, 0.15) is 5.82 Å². The second kappa shape index (κ2) is 5.34. The molecule has 4 heteroatoms. The van der Waals surface area contributed by atoms with Crippen molar-refractivity contribution >= 4 is 5.82 Å². The van der Waals surface area contributed by atoms with Gasteiger partial charge in [-0.05, 0) is 12.8 Å². The highest BCUT2D eigenvalue weighted by Gasteiger charge is 2.22. The zero-order valence-electron chi connectivity index (χ0n) is 9.97. The standard InChI is InChI=1S/C12H21N3O/c1-2-3-4-8-15-12(5-7-13-15)14-9-6-11(16)10-14/h5,7,11,16H,2-4,6,8-10H2,1H3. The van der Waals surface area contributed by atoms with E-state index in [0.717, 1.165) is 31.9 Å². The molecular weight excluding hydrogens is 202 g/mol. The van der Waals surface area contributed by atoms with Crippen LogP contribution in [0.25, 0.3) is 0 Å². The Morgan fingerprint density at radius 1 is 1.50 bits per heavy atom. The summed E-state index contributed by atoms with van der Waals surface area (Å²) in [6.07, 6.45) is 6.23. The third-order valence-corrected chi connectivity index (χ3v) is 3.15. The maximum absolute atomic E-state index is 9.53. The predicted octanol–water partition coefficient (Wildman–Crippen LogP) is 1.64. The minimum Gasteiger partial charge on any atom is -0.391 e. The fourth-order valence-electron chi connectivity index (χ4n) is 2.23. The van der Waals surface area contributed by atoms with Crippen LogP contribution >= 0.6 is 0 Å². The number of aryl methyl sites for hydroxylation is 1. The monoisotopic (exact) mass is 223 g/mol. The van der Waals surface area contributed by atoms with Crippen LogP contribution in [-0.2, 0) is 6.54 Å². The molecule has 90 valence electrons. The molecule has 2 rings (SSSR count). The van der Waals surface area contributed by atoms with Gasteiger partial charge in [-0.25, -0.2) is 4.68 Å². The summed E-state index contributed by atoms with van der Waals surface area (Å²) < 4.78 is 2.06. The number of anilines is 1. The summed E-state index contributed by atoms with van der Waals surface area (Å²) in [6, 6.07) is 2.05. The van der Waals surface area contributed by atoms with E-state index in [0.29, 0.717) is 0 Å². The number of aromatic nitrogens is 2. The Labute approximate surface area is 96.9 Å². The van der Waals surface area contributed by atoms with E-state index in [4.69, 9.17) is 0 Å². The molecule has 1 aromatic rings. The maximum Gasteiger partial charge on any atom is 0.126 e. The molecule has 4 nitrogen and oxygen atoms in total. The van der Waals surface area contributed by atoms with Gasteiger partial charge in [-0.3, -0.25) is 0 Å². The van der Waals surface area contributed by atoms with Crippen molar-refractivity contribution in [3.8, 4) is 0 Å². The maximum atomic E-state index is 9.53. The topological polar surface area (TPSA) is 41.3 Å². The second-order valence-corrected chi connectivity index (χ2v) is 4.51. The molecule has 2 heterocycles. The van der Waals surface area contributed by atoms with E-state index >= 15 is 0 Å². The SMILES string of the molecule is CCCCCn1nccc1N1CCC(O)C1. The lowest BCUT2D eigenvalue weighted by Gasteiger charge is -2.18. The fourth-order valence-corrected chi connectivity index (χ4v) is 2.23. The highest BCUT2D eigenvalue weighted by atomic mass is 16.3. The van der Waals surface area contributed by atoms with Gasteiger partial charge in [-0.2, -0.15) is 5.10 Å². The van der Waals surface area contributed by atoms with Crippen molar-refractivity contribution in [1.29, 1.82) is 0 Å². The number of aliphatic hydroxyl groups is 1. The Bertz CT molecular complexity index is 324. The van der Waals surface area contributed by atoms with E-state index in [1.54, 1.807) is 0 Å². The van der Waals surface area contributed by atoms with Crippen LogP contribution in [0.15, 0.2) is 12.3 Å². The summed E-state index contributed by atoms with van der Waals surface area (Å²) in [7, 11) is 0. The number of rotatable bonds is 5. The quantitative estimate of drug-likeness (QED) is 0.772. The van der Waals surface area contributed by atoms with Crippen LogP contribution in [0.4, 0.5) is 5.82 Å². The molecule has 1 saturated heterocycles. The lowest BCUT2D eigenvalue weighted by Crippen LogP contribution is -2.24. The zero-order chi connectivity index (χ0) is 11.4. The van der Waals surface area contributed by atoms with Gasteiger partial charge < -0.3 is 10.0 Å². The first-order valence-electron chi connectivity index (χ1n) is 6.26. The molecule has 0 bridgehead atoms. The molecule has 1 aliphatic rings. The van der Waals surface area contributed by atoms with Crippen molar-refractivity contribution in [2.45, 2.75) is 45.3 Å². The van der Waals surface area contributed by atoms with Gasteiger partial charge >= 0.3 is 0 Å². The molecule has 1 atom stereocenters. The molecule has 1 N–H and O–H groups in total. The number of aliphatic hydroxyl groups excluding tert-OH is 1. The molecule has 0 amide bonds. The van der Waals surface area contributed by atoms with E-state index in [9.17, 15) is 5.11 Å². The molecule has 16 heavy (non-hydrogen) atoms. The minimum absolute atomic E-state index is 0.168. The van der Waals surface area contributed by atoms with Crippen molar-refractivity contribution in [2.24, 2.45) is 0 Å². The summed E-state index contributed by atoms with van der Waals surface area (Å²) in [6.45, 7) is 4.89. The van der Waals surface area contributed by atoms with Gasteiger partial charge in [0.15, 0.2) is 0 Å². The average molecular weight is 223 g/mol. The lowest BCUT2D eigenvalue weighted by molar-refractivity contribution is 0.198. The number of nitrogens with zero attached hydrogens (tertiary/aromatic N) is 3. The van der Waals surface area contributed by atoms with Crippen molar-refractivity contribution in [2.75, 3.05) is 18.0 Å². The molecule has 0 spiro atoms. The molecule has 1 aromatic heterocycles. The third kappa shape index (κ3) is 2.55. The van der Waals surface area contributed by atoms with Crippen molar-refractivity contribution < 1.29 is 5.11 Å². The molecule has 1 unspecified atom stereocenters. The van der Waals surface area contributed by atoms with E-state index < -0.39 is 0 Å². The number of unbranched alkanes of at least 4 members (excludes halogenated alkanes) is 2. The second-order valence-electron chi connectivity index (χ2n) is 4.51. The lowest BCUT2D eigenvalue weighted by atomic mass is 10.2. The van der Waals surface area contributed by atoms with Gasteiger partial charge in [-0.15, -0.1) is 0 Å². The first-order valence-corrected chi connectivity index (χ1v) is 6.26.